The predicted octanol–water partition coefficient (Wildman–Crippen LogP) is 3.97. The van der Waals surface area contributed by atoms with Crippen LogP contribution in [0.25, 0.3) is 11.0 Å². The molecule has 0 aliphatic heterocycles. The van der Waals surface area contributed by atoms with Gasteiger partial charge in [-0.3, -0.25) is 0 Å². The van der Waals surface area contributed by atoms with E-state index < -0.39 is 5.97 Å². The molecule has 4 aromatic rings. The molecule has 8 heteroatoms. The van der Waals surface area contributed by atoms with Gasteiger partial charge in [-0.2, -0.15) is 0 Å². The van der Waals surface area contributed by atoms with Crippen LogP contribution in [-0.2, 0) is 17.9 Å². The Balaban J connectivity index is 1.65. The standard InChI is InChI=1S/C20H17ClN4O3/c1-12-18(19(22)28-24-12)20(26)27-11-17-23-15-9-14(21)7-8-16(15)25(17)10-13-5-3-2-4-6-13/h2-9H,10-11,22H2,1H3. The van der Waals surface area contributed by atoms with E-state index in [1.165, 1.54) is 0 Å². The van der Waals surface area contributed by atoms with Crippen LogP contribution in [0.5, 0.6) is 0 Å². The van der Waals surface area contributed by atoms with E-state index in [1.807, 2.05) is 47.0 Å². The van der Waals surface area contributed by atoms with Crippen LogP contribution in [-0.4, -0.2) is 20.7 Å². The fourth-order valence-electron chi connectivity index (χ4n) is 3.04. The first kappa shape index (κ1) is 18.1. The maximum absolute atomic E-state index is 12.4. The van der Waals surface area contributed by atoms with Crippen molar-refractivity contribution in [2.75, 3.05) is 5.73 Å². The first-order chi connectivity index (χ1) is 13.5. The zero-order valence-corrected chi connectivity index (χ0v) is 15.8. The minimum Gasteiger partial charge on any atom is -0.454 e. The van der Waals surface area contributed by atoms with Gasteiger partial charge in [0.05, 0.1) is 16.7 Å². The summed E-state index contributed by atoms with van der Waals surface area (Å²) in [5, 5.41) is 4.26. The number of carbonyl (C=O) groups excluding carboxylic acids is 1. The van der Waals surface area contributed by atoms with E-state index in [9.17, 15) is 4.79 Å². The van der Waals surface area contributed by atoms with Crippen molar-refractivity contribution in [1.29, 1.82) is 0 Å². The normalized spacial score (nSPS) is 11.1. The molecule has 2 N–H and O–H groups in total. The molecule has 2 aromatic heterocycles. The van der Waals surface area contributed by atoms with E-state index in [4.69, 9.17) is 26.6 Å². The molecule has 0 unspecified atom stereocenters. The van der Waals surface area contributed by atoms with Crippen molar-refractivity contribution in [3.05, 3.63) is 76.2 Å². The lowest BCUT2D eigenvalue weighted by Crippen LogP contribution is -2.12. The molecule has 0 atom stereocenters. The third-order valence-corrected chi connectivity index (χ3v) is 4.63. The Kier molecular flexibility index (Phi) is 4.75. The number of halogens is 1. The number of esters is 1. The number of ether oxygens (including phenoxy) is 1. The van der Waals surface area contributed by atoms with Crippen molar-refractivity contribution in [2.45, 2.75) is 20.1 Å². The third kappa shape index (κ3) is 3.44. The molecule has 28 heavy (non-hydrogen) atoms. The Labute approximate surface area is 165 Å². The van der Waals surface area contributed by atoms with Gasteiger partial charge in [-0.1, -0.05) is 47.1 Å². The van der Waals surface area contributed by atoms with Crippen LogP contribution in [0.4, 0.5) is 5.88 Å². The Bertz CT molecular complexity index is 1130. The summed E-state index contributed by atoms with van der Waals surface area (Å²) >= 11 is 6.10. The largest absolute Gasteiger partial charge is 0.454 e. The number of anilines is 1. The summed E-state index contributed by atoms with van der Waals surface area (Å²) < 4.78 is 12.3. The molecule has 142 valence electrons. The number of rotatable bonds is 5. The molecule has 0 radical (unpaired) electrons. The number of hydrogen-bond acceptors (Lipinski definition) is 6. The second-order valence-corrected chi connectivity index (χ2v) is 6.75. The molecule has 0 fully saturated rings. The first-order valence-corrected chi connectivity index (χ1v) is 8.98. The average Bonchev–Trinajstić information content (AvgIpc) is 3.19. The van der Waals surface area contributed by atoms with E-state index in [0.717, 1.165) is 16.6 Å². The highest BCUT2D eigenvalue weighted by atomic mass is 35.5. The molecule has 0 bridgehead atoms. The molecule has 0 aliphatic rings. The molecule has 0 saturated heterocycles. The molecular weight excluding hydrogens is 380 g/mol. The van der Waals surface area contributed by atoms with E-state index >= 15 is 0 Å². The Morgan fingerprint density at radius 1 is 1.25 bits per heavy atom. The molecule has 7 nitrogen and oxygen atoms in total. The van der Waals surface area contributed by atoms with E-state index in [0.29, 0.717) is 23.1 Å². The van der Waals surface area contributed by atoms with Crippen molar-refractivity contribution >= 4 is 34.5 Å². The van der Waals surface area contributed by atoms with Crippen LogP contribution >= 0.6 is 11.6 Å². The van der Waals surface area contributed by atoms with Gasteiger partial charge in [0.25, 0.3) is 0 Å². The second-order valence-electron chi connectivity index (χ2n) is 6.32. The van der Waals surface area contributed by atoms with Gasteiger partial charge in [0.2, 0.25) is 5.88 Å². The highest BCUT2D eigenvalue weighted by Gasteiger charge is 2.21. The van der Waals surface area contributed by atoms with Crippen LogP contribution in [0.3, 0.4) is 0 Å². The SMILES string of the molecule is Cc1noc(N)c1C(=O)OCc1nc2cc(Cl)ccc2n1Cc1ccccc1. The van der Waals surface area contributed by atoms with Crippen LogP contribution in [0.1, 0.15) is 27.4 Å². The van der Waals surface area contributed by atoms with Gasteiger partial charge in [0.1, 0.15) is 18.0 Å². The fraction of sp³-hybridized carbons (Fsp3) is 0.150. The summed E-state index contributed by atoms with van der Waals surface area (Å²) in [6.45, 7) is 2.19. The highest BCUT2D eigenvalue weighted by molar-refractivity contribution is 6.31. The van der Waals surface area contributed by atoms with Gasteiger partial charge in [-0.15, -0.1) is 0 Å². The number of fused-ring (bicyclic) bond motifs is 1. The molecule has 0 saturated carbocycles. The number of hydrogen-bond donors (Lipinski definition) is 1. The maximum atomic E-state index is 12.4. The molecule has 0 aliphatic carbocycles. The predicted molar refractivity (Wildman–Crippen MR) is 105 cm³/mol. The number of aromatic nitrogens is 3. The zero-order chi connectivity index (χ0) is 19.7. The Hall–Kier alpha value is -3.32. The smallest absolute Gasteiger partial charge is 0.346 e. The molecule has 2 aromatic carbocycles. The summed E-state index contributed by atoms with van der Waals surface area (Å²) in [6, 6.07) is 15.5. The van der Waals surface area contributed by atoms with Gasteiger partial charge in [0, 0.05) is 11.6 Å². The number of nitrogens with two attached hydrogens (primary N) is 1. The summed E-state index contributed by atoms with van der Waals surface area (Å²) in [6.07, 6.45) is 0. The first-order valence-electron chi connectivity index (χ1n) is 8.60. The van der Waals surface area contributed by atoms with Crippen LogP contribution < -0.4 is 5.73 Å². The Morgan fingerprint density at radius 2 is 2.04 bits per heavy atom. The minimum atomic E-state index is -0.604. The second kappa shape index (κ2) is 7.36. The topological polar surface area (TPSA) is 96.2 Å². The fourth-order valence-corrected chi connectivity index (χ4v) is 3.21. The molecule has 0 amide bonds. The average molecular weight is 397 g/mol. The van der Waals surface area contributed by atoms with E-state index in [1.54, 1.807) is 13.0 Å². The molecule has 4 rings (SSSR count). The van der Waals surface area contributed by atoms with Gasteiger partial charge >= 0.3 is 5.97 Å². The number of aryl methyl sites for hydroxylation is 1. The Morgan fingerprint density at radius 3 is 2.75 bits per heavy atom. The summed E-state index contributed by atoms with van der Waals surface area (Å²) in [7, 11) is 0. The molecular formula is C20H17ClN4O3. The summed E-state index contributed by atoms with van der Waals surface area (Å²) in [5.41, 5.74) is 8.91. The minimum absolute atomic E-state index is 0.0258. The number of imidazole rings is 1. The number of nitrogens with zero attached hydrogens (tertiary/aromatic N) is 3. The lowest BCUT2D eigenvalue weighted by Gasteiger charge is -2.10. The summed E-state index contributed by atoms with van der Waals surface area (Å²) in [4.78, 5) is 17.0. The quantitative estimate of drug-likeness (QED) is 0.512. The number of nitrogen functional groups attached to an aromatic ring is 1. The van der Waals surface area contributed by atoms with E-state index in [-0.39, 0.29) is 18.1 Å². The maximum Gasteiger partial charge on any atom is 0.346 e. The zero-order valence-electron chi connectivity index (χ0n) is 15.1. The highest BCUT2D eigenvalue weighted by Crippen LogP contribution is 2.23. The van der Waals surface area contributed by atoms with Crippen molar-refractivity contribution in [3.63, 3.8) is 0 Å². The molecule has 0 spiro atoms. The van der Waals surface area contributed by atoms with Gasteiger partial charge < -0.3 is 19.6 Å². The van der Waals surface area contributed by atoms with Crippen molar-refractivity contribution in [2.24, 2.45) is 0 Å². The lowest BCUT2D eigenvalue weighted by atomic mass is 10.2. The van der Waals surface area contributed by atoms with E-state index in [2.05, 4.69) is 10.1 Å². The summed E-state index contributed by atoms with van der Waals surface area (Å²) in [5.74, 6) is -0.0678. The van der Waals surface area contributed by atoms with Gasteiger partial charge in [0.15, 0.2) is 0 Å². The van der Waals surface area contributed by atoms with Gasteiger partial charge in [-0.25, -0.2) is 9.78 Å². The van der Waals surface area contributed by atoms with Crippen LogP contribution in [0, 0.1) is 6.92 Å². The van der Waals surface area contributed by atoms with Crippen LogP contribution in [0.15, 0.2) is 53.1 Å². The number of carbonyl (C=O) groups is 1. The van der Waals surface area contributed by atoms with Crippen molar-refractivity contribution in [3.8, 4) is 0 Å². The van der Waals surface area contributed by atoms with Crippen molar-refractivity contribution in [1.82, 2.24) is 14.7 Å². The van der Waals surface area contributed by atoms with Crippen LogP contribution in [0.2, 0.25) is 5.02 Å². The molecule has 2 heterocycles. The monoisotopic (exact) mass is 396 g/mol. The number of benzene rings is 2. The lowest BCUT2D eigenvalue weighted by molar-refractivity contribution is 0.0459. The van der Waals surface area contributed by atoms with Gasteiger partial charge in [-0.05, 0) is 30.7 Å². The van der Waals surface area contributed by atoms with Crippen molar-refractivity contribution < 1.29 is 14.1 Å². The third-order valence-electron chi connectivity index (χ3n) is 4.40.